The van der Waals surface area contributed by atoms with Crippen molar-refractivity contribution in [2.45, 2.75) is 26.4 Å². The SMILES string of the molecule is [C-]#[N+]c1ccc(O)cc1C1=C(C)c2cc(O)ccc2OC1c1ccc(OCCN2CC(CC)C2)cc1. The second-order valence-electron chi connectivity index (χ2n) is 9.48. The van der Waals surface area contributed by atoms with Crippen LogP contribution < -0.4 is 9.47 Å². The summed E-state index contributed by atoms with van der Waals surface area (Å²) in [7, 11) is 0. The molecule has 6 nitrogen and oxygen atoms in total. The van der Waals surface area contributed by atoms with Crippen LogP contribution in [0, 0.1) is 12.5 Å². The van der Waals surface area contributed by atoms with E-state index in [-0.39, 0.29) is 11.5 Å². The van der Waals surface area contributed by atoms with E-state index >= 15 is 0 Å². The van der Waals surface area contributed by atoms with Gasteiger partial charge in [0.1, 0.15) is 35.7 Å². The largest absolute Gasteiger partial charge is 0.508 e. The van der Waals surface area contributed by atoms with E-state index in [9.17, 15) is 10.2 Å². The Labute approximate surface area is 211 Å². The maximum atomic E-state index is 10.2. The first-order valence-corrected chi connectivity index (χ1v) is 12.3. The number of benzene rings is 3. The Bertz CT molecular complexity index is 1330. The van der Waals surface area contributed by atoms with Crippen molar-refractivity contribution in [3.63, 3.8) is 0 Å². The highest BCUT2D eigenvalue weighted by molar-refractivity contribution is 5.98. The van der Waals surface area contributed by atoms with E-state index in [2.05, 4.69) is 16.7 Å². The number of phenolic OH excluding ortho intramolecular Hbond substituents is 2. The third-order valence-corrected chi connectivity index (χ3v) is 7.14. The first-order valence-electron chi connectivity index (χ1n) is 12.3. The zero-order valence-electron chi connectivity index (χ0n) is 20.6. The molecule has 36 heavy (non-hydrogen) atoms. The summed E-state index contributed by atoms with van der Waals surface area (Å²) in [5, 5.41) is 20.3. The fourth-order valence-corrected chi connectivity index (χ4v) is 5.01. The minimum Gasteiger partial charge on any atom is -0.508 e. The molecule has 0 aliphatic carbocycles. The van der Waals surface area contributed by atoms with Gasteiger partial charge in [-0.25, -0.2) is 4.85 Å². The molecule has 184 valence electrons. The second-order valence-corrected chi connectivity index (χ2v) is 9.48. The first-order chi connectivity index (χ1) is 17.5. The number of allylic oxidation sites excluding steroid dienone is 1. The Morgan fingerprint density at radius 3 is 2.39 bits per heavy atom. The zero-order valence-corrected chi connectivity index (χ0v) is 20.6. The minimum absolute atomic E-state index is 0.0781. The number of nitrogens with zero attached hydrogens (tertiary/aromatic N) is 2. The van der Waals surface area contributed by atoms with Crippen LogP contribution in [0.25, 0.3) is 16.0 Å². The van der Waals surface area contributed by atoms with Crippen LogP contribution >= 0.6 is 0 Å². The summed E-state index contributed by atoms with van der Waals surface area (Å²) < 4.78 is 12.4. The van der Waals surface area contributed by atoms with Gasteiger partial charge in [-0.15, -0.1) is 0 Å². The van der Waals surface area contributed by atoms with Crippen molar-refractivity contribution in [3.05, 3.63) is 88.8 Å². The smallest absolute Gasteiger partial charge is 0.195 e. The molecule has 0 spiro atoms. The lowest BCUT2D eigenvalue weighted by molar-refractivity contribution is 0.0806. The van der Waals surface area contributed by atoms with E-state index < -0.39 is 6.10 Å². The van der Waals surface area contributed by atoms with Gasteiger partial charge in [0.15, 0.2) is 5.69 Å². The molecule has 0 bridgehead atoms. The minimum atomic E-state index is -0.495. The molecule has 0 aromatic heterocycles. The van der Waals surface area contributed by atoms with E-state index in [1.807, 2.05) is 31.2 Å². The van der Waals surface area contributed by atoms with Crippen LogP contribution in [0.4, 0.5) is 5.69 Å². The van der Waals surface area contributed by atoms with Gasteiger partial charge in [0.25, 0.3) is 0 Å². The molecule has 0 saturated carbocycles. The van der Waals surface area contributed by atoms with Crippen LogP contribution in [-0.2, 0) is 0 Å². The van der Waals surface area contributed by atoms with Crippen LogP contribution in [0.3, 0.4) is 0 Å². The predicted octanol–water partition coefficient (Wildman–Crippen LogP) is 6.43. The summed E-state index contributed by atoms with van der Waals surface area (Å²) in [4.78, 5) is 6.10. The lowest BCUT2D eigenvalue weighted by Gasteiger charge is -2.38. The molecule has 2 aliphatic rings. The van der Waals surface area contributed by atoms with Gasteiger partial charge in [-0.05, 0) is 77.6 Å². The molecule has 1 atom stereocenters. The molecule has 0 radical (unpaired) electrons. The molecule has 3 aromatic carbocycles. The van der Waals surface area contributed by atoms with Gasteiger partial charge in [-0.1, -0.05) is 31.5 Å². The summed E-state index contributed by atoms with van der Waals surface area (Å²) in [6.07, 6.45) is 0.745. The average Bonchev–Trinajstić information content (AvgIpc) is 2.86. The first kappa shape index (κ1) is 23.8. The van der Waals surface area contributed by atoms with Crippen molar-refractivity contribution < 1.29 is 19.7 Å². The number of phenols is 2. The lowest BCUT2D eigenvalue weighted by Crippen LogP contribution is -2.47. The maximum absolute atomic E-state index is 10.2. The summed E-state index contributed by atoms with van der Waals surface area (Å²) in [5.41, 5.74) is 4.37. The molecule has 0 amide bonds. The Kier molecular flexibility index (Phi) is 6.58. The summed E-state index contributed by atoms with van der Waals surface area (Å²) in [6, 6.07) is 17.6. The average molecular weight is 483 g/mol. The van der Waals surface area contributed by atoms with Crippen LogP contribution in [0.2, 0.25) is 0 Å². The lowest BCUT2D eigenvalue weighted by atomic mass is 9.85. The number of rotatable bonds is 7. The summed E-state index contributed by atoms with van der Waals surface area (Å²) in [6.45, 7) is 15.8. The molecular weight excluding hydrogens is 452 g/mol. The number of fused-ring (bicyclic) bond motifs is 1. The zero-order chi connectivity index (χ0) is 25.2. The number of hydrogen-bond acceptors (Lipinski definition) is 5. The fraction of sp³-hybridized carbons (Fsp3) is 0.300. The Morgan fingerprint density at radius 2 is 1.69 bits per heavy atom. The topological polar surface area (TPSA) is 66.5 Å². The molecule has 2 heterocycles. The standard InChI is InChI=1S/C30H30N2O4/c1-4-20-17-32(18-20)13-14-35-24-9-5-21(6-10-24)30-29(26-16-22(33)7-11-27(26)31-3)19(2)25-15-23(34)8-12-28(25)36-30/h5-12,15-16,20,30,33-34H,4,13-14,17-18H2,1-2H3. The number of likely N-dealkylation sites (tertiary alicyclic amines) is 1. The van der Waals surface area contributed by atoms with Crippen molar-refractivity contribution in [3.8, 4) is 23.0 Å². The second kappa shape index (κ2) is 9.96. The normalized spacial score (nSPS) is 17.6. The van der Waals surface area contributed by atoms with Crippen molar-refractivity contribution in [1.29, 1.82) is 0 Å². The van der Waals surface area contributed by atoms with Crippen LogP contribution in [0.1, 0.15) is 43.1 Å². The fourth-order valence-electron chi connectivity index (χ4n) is 5.01. The maximum Gasteiger partial charge on any atom is 0.195 e. The number of ether oxygens (including phenoxy) is 2. The third kappa shape index (κ3) is 4.62. The Morgan fingerprint density at radius 1 is 1.00 bits per heavy atom. The van der Waals surface area contributed by atoms with Crippen LogP contribution in [0.5, 0.6) is 23.0 Å². The van der Waals surface area contributed by atoms with E-state index in [1.54, 1.807) is 30.3 Å². The van der Waals surface area contributed by atoms with E-state index in [4.69, 9.17) is 16.0 Å². The van der Waals surface area contributed by atoms with Crippen molar-refractivity contribution in [2.75, 3.05) is 26.2 Å². The molecule has 3 aromatic rings. The molecule has 5 rings (SSSR count). The molecule has 6 heteroatoms. The van der Waals surface area contributed by atoms with Gasteiger partial charge in [0.05, 0.1) is 6.57 Å². The van der Waals surface area contributed by atoms with Gasteiger partial charge >= 0.3 is 0 Å². The predicted molar refractivity (Wildman–Crippen MR) is 140 cm³/mol. The molecular formula is C30H30N2O4. The highest BCUT2D eigenvalue weighted by Crippen LogP contribution is 2.49. The van der Waals surface area contributed by atoms with Gasteiger partial charge < -0.3 is 19.7 Å². The highest BCUT2D eigenvalue weighted by Gasteiger charge is 2.31. The van der Waals surface area contributed by atoms with Gasteiger partial charge in [-0.2, -0.15) is 0 Å². The van der Waals surface area contributed by atoms with Gasteiger partial charge in [0.2, 0.25) is 0 Å². The van der Waals surface area contributed by atoms with Gasteiger partial charge in [0, 0.05) is 25.2 Å². The highest BCUT2D eigenvalue weighted by atomic mass is 16.5. The van der Waals surface area contributed by atoms with Crippen LogP contribution in [0.15, 0.2) is 60.7 Å². The molecule has 1 unspecified atom stereocenters. The molecule has 2 N–H and O–H groups in total. The Hall–Kier alpha value is -3.95. The number of hydrogen-bond donors (Lipinski definition) is 2. The van der Waals surface area contributed by atoms with E-state index in [0.717, 1.165) is 53.6 Å². The van der Waals surface area contributed by atoms with Crippen LogP contribution in [-0.4, -0.2) is 41.4 Å². The summed E-state index contributed by atoms with van der Waals surface area (Å²) >= 11 is 0. The molecule has 1 fully saturated rings. The van der Waals surface area contributed by atoms with Crippen molar-refractivity contribution in [2.24, 2.45) is 5.92 Å². The third-order valence-electron chi connectivity index (χ3n) is 7.14. The number of aromatic hydroxyl groups is 2. The monoisotopic (exact) mass is 482 g/mol. The van der Waals surface area contributed by atoms with Gasteiger partial charge in [-0.3, -0.25) is 4.90 Å². The quantitative estimate of drug-likeness (QED) is 0.380. The van der Waals surface area contributed by atoms with Crippen molar-refractivity contribution in [1.82, 2.24) is 4.90 Å². The summed E-state index contributed by atoms with van der Waals surface area (Å²) in [5.74, 6) is 2.50. The Balaban J connectivity index is 1.44. The molecule has 1 saturated heterocycles. The van der Waals surface area contributed by atoms with E-state index in [1.165, 1.54) is 12.5 Å². The van der Waals surface area contributed by atoms with Crippen molar-refractivity contribution >= 4 is 16.8 Å². The van der Waals surface area contributed by atoms with E-state index in [0.29, 0.717) is 23.6 Å². The molecule has 2 aliphatic heterocycles.